The van der Waals surface area contributed by atoms with Crippen LogP contribution in [0.25, 0.3) is 0 Å². The number of likely N-dealkylation sites (N-methyl/N-ethyl adjacent to an activating group) is 1. The van der Waals surface area contributed by atoms with E-state index in [1.807, 2.05) is 54.4 Å². The molecule has 0 radical (unpaired) electrons. The number of anilines is 1. The maximum atomic E-state index is 10.5. The maximum Gasteiger partial charge on any atom is 0.119 e. The molecule has 3 rings (SSSR count). The first-order valence-electron chi connectivity index (χ1n) is 12.2. The Bertz CT molecular complexity index is 996. The van der Waals surface area contributed by atoms with E-state index in [1.54, 1.807) is 0 Å². The van der Waals surface area contributed by atoms with E-state index in [0.717, 1.165) is 31.1 Å². The first-order chi connectivity index (χ1) is 16.2. The van der Waals surface area contributed by atoms with Crippen LogP contribution in [0.2, 0.25) is 0 Å². The maximum absolute atomic E-state index is 10.5. The molecule has 0 spiro atoms. The molecule has 0 amide bonds. The lowest BCUT2D eigenvalue weighted by Crippen LogP contribution is -2.33. The predicted molar refractivity (Wildman–Crippen MR) is 143 cm³/mol. The van der Waals surface area contributed by atoms with Gasteiger partial charge in [-0.05, 0) is 52.9 Å². The van der Waals surface area contributed by atoms with Crippen molar-refractivity contribution in [3.8, 4) is 5.75 Å². The van der Waals surface area contributed by atoms with Crippen LogP contribution < -0.4 is 9.64 Å². The van der Waals surface area contributed by atoms with Crippen LogP contribution in [0, 0.1) is 0 Å². The monoisotopic (exact) mass is 460 g/mol. The van der Waals surface area contributed by atoms with Crippen molar-refractivity contribution in [3.05, 3.63) is 95.6 Å². The average Bonchev–Trinajstić information content (AvgIpc) is 2.83. The van der Waals surface area contributed by atoms with E-state index >= 15 is 0 Å². The molecule has 4 heteroatoms. The van der Waals surface area contributed by atoms with Crippen LogP contribution in [-0.4, -0.2) is 42.9 Å². The summed E-state index contributed by atoms with van der Waals surface area (Å²) in [5, 5.41) is 10.5. The summed E-state index contributed by atoms with van der Waals surface area (Å²) in [7, 11) is 1.98. The molecule has 0 fully saturated rings. The minimum absolute atomic E-state index is 0.175. The van der Waals surface area contributed by atoms with Gasteiger partial charge in [0.15, 0.2) is 0 Å². The summed E-state index contributed by atoms with van der Waals surface area (Å²) in [6, 6.07) is 27.3. The highest BCUT2D eigenvalue weighted by Crippen LogP contribution is 2.23. The van der Waals surface area contributed by atoms with Crippen molar-refractivity contribution in [1.82, 2.24) is 4.90 Å². The van der Waals surface area contributed by atoms with Gasteiger partial charge in [-0.25, -0.2) is 0 Å². The molecular formula is C30H40N2O2. The average molecular weight is 461 g/mol. The van der Waals surface area contributed by atoms with Crippen LogP contribution in [-0.2, 0) is 18.5 Å². The number of para-hydroxylation sites is 1. The molecule has 1 unspecified atom stereocenters. The number of nitrogens with zero attached hydrogens (tertiary/aromatic N) is 2. The number of aliphatic hydroxyl groups is 1. The van der Waals surface area contributed by atoms with Crippen molar-refractivity contribution in [2.24, 2.45) is 0 Å². The number of hydrogen-bond donors (Lipinski definition) is 1. The zero-order chi connectivity index (χ0) is 24.6. The Hall–Kier alpha value is -2.82. The summed E-state index contributed by atoms with van der Waals surface area (Å²) in [6.07, 6.45) is -0.572. The number of rotatable bonds is 11. The quantitative estimate of drug-likeness (QED) is 0.387. The van der Waals surface area contributed by atoms with Gasteiger partial charge in [-0.15, -0.1) is 0 Å². The van der Waals surface area contributed by atoms with Crippen molar-refractivity contribution in [1.29, 1.82) is 0 Å². The summed E-state index contributed by atoms with van der Waals surface area (Å²) in [5.41, 5.74) is 5.15. The zero-order valence-corrected chi connectivity index (χ0v) is 21.4. The molecule has 0 aliphatic heterocycles. The lowest BCUT2D eigenvalue weighted by molar-refractivity contribution is 0.113. The van der Waals surface area contributed by atoms with E-state index < -0.39 is 6.10 Å². The fourth-order valence-corrected chi connectivity index (χ4v) is 3.99. The summed E-state index contributed by atoms with van der Waals surface area (Å²) in [6.45, 7) is 12.5. The van der Waals surface area contributed by atoms with E-state index in [1.165, 1.54) is 16.7 Å². The van der Waals surface area contributed by atoms with E-state index in [4.69, 9.17) is 4.74 Å². The fraction of sp³-hybridized carbons (Fsp3) is 0.400. The Kier molecular flexibility index (Phi) is 9.14. The van der Waals surface area contributed by atoms with E-state index in [2.05, 4.69) is 69.0 Å². The van der Waals surface area contributed by atoms with E-state index in [-0.39, 0.29) is 12.0 Å². The van der Waals surface area contributed by atoms with Crippen LogP contribution >= 0.6 is 0 Å². The second-order valence-electron chi connectivity index (χ2n) is 10.1. The molecule has 182 valence electrons. The SMILES string of the molecule is CCN(Cc1ccc(C(C)(C)C)cc1)Cc1cccc(OCC(O)CN(C)c2ccccc2)c1. The normalized spacial score (nSPS) is 12.6. The number of benzene rings is 3. The van der Waals surface area contributed by atoms with Gasteiger partial charge in [-0.2, -0.15) is 0 Å². The highest BCUT2D eigenvalue weighted by Gasteiger charge is 2.14. The van der Waals surface area contributed by atoms with Crippen LogP contribution in [0.15, 0.2) is 78.9 Å². The molecule has 1 atom stereocenters. The third-order valence-corrected chi connectivity index (χ3v) is 6.10. The molecule has 4 nitrogen and oxygen atoms in total. The van der Waals surface area contributed by atoms with Crippen LogP contribution in [0.1, 0.15) is 44.4 Å². The van der Waals surface area contributed by atoms with Gasteiger partial charge in [0.25, 0.3) is 0 Å². The Balaban J connectivity index is 1.52. The Labute approximate surface area is 205 Å². The van der Waals surface area contributed by atoms with Gasteiger partial charge in [-0.3, -0.25) is 4.90 Å². The molecule has 0 heterocycles. The number of aliphatic hydroxyl groups excluding tert-OH is 1. The van der Waals surface area contributed by atoms with Gasteiger partial charge in [0.2, 0.25) is 0 Å². The molecular weight excluding hydrogens is 420 g/mol. The number of ether oxygens (including phenoxy) is 1. The van der Waals surface area contributed by atoms with Gasteiger partial charge in [0, 0.05) is 32.4 Å². The first-order valence-corrected chi connectivity index (χ1v) is 12.2. The smallest absolute Gasteiger partial charge is 0.119 e. The van der Waals surface area contributed by atoms with Crippen LogP contribution in [0.5, 0.6) is 5.75 Å². The van der Waals surface area contributed by atoms with Gasteiger partial charge in [-0.1, -0.05) is 82.3 Å². The molecule has 0 bridgehead atoms. The molecule has 0 aromatic heterocycles. The van der Waals surface area contributed by atoms with Crippen LogP contribution in [0.3, 0.4) is 0 Å². The van der Waals surface area contributed by atoms with Crippen molar-refractivity contribution >= 4 is 5.69 Å². The zero-order valence-electron chi connectivity index (χ0n) is 21.4. The van der Waals surface area contributed by atoms with E-state index in [0.29, 0.717) is 6.54 Å². The Morgan fingerprint density at radius 2 is 1.53 bits per heavy atom. The second kappa shape index (κ2) is 12.0. The third kappa shape index (κ3) is 7.89. The lowest BCUT2D eigenvalue weighted by Gasteiger charge is -2.23. The molecule has 34 heavy (non-hydrogen) atoms. The van der Waals surface area contributed by atoms with Crippen molar-refractivity contribution < 1.29 is 9.84 Å². The van der Waals surface area contributed by atoms with Gasteiger partial charge >= 0.3 is 0 Å². The summed E-state index contributed by atoms with van der Waals surface area (Å²) < 4.78 is 5.93. The van der Waals surface area contributed by atoms with Crippen molar-refractivity contribution in [2.45, 2.75) is 52.3 Å². The van der Waals surface area contributed by atoms with Gasteiger partial charge in [0.1, 0.15) is 18.5 Å². The molecule has 3 aromatic carbocycles. The van der Waals surface area contributed by atoms with Crippen LogP contribution in [0.4, 0.5) is 5.69 Å². The van der Waals surface area contributed by atoms with Gasteiger partial charge < -0.3 is 14.7 Å². The molecule has 1 N–H and O–H groups in total. The van der Waals surface area contributed by atoms with E-state index in [9.17, 15) is 5.11 Å². The van der Waals surface area contributed by atoms with Crippen molar-refractivity contribution in [3.63, 3.8) is 0 Å². The van der Waals surface area contributed by atoms with Crippen molar-refractivity contribution in [2.75, 3.05) is 31.6 Å². The minimum atomic E-state index is -0.572. The highest BCUT2D eigenvalue weighted by molar-refractivity contribution is 5.45. The standard InChI is InChI=1S/C30H40N2O2/c1-6-32(20-24-15-17-26(18-16-24)30(2,3)4)21-25-11-10-14-29(19-25)34-23-28(33)22-31(5)27-12-8-7-9-13-27/h7-19,28,33H,6,20-23H2,1-5H3. The topological polar surface area (TPSA) is 35.9 Å². The highest BCUT2D eigenvalue weighted by atomic mass is 16.5. The molecule has 0 saturated carbocycles. The molecule has 0 aliphatic rings. The minimum Gasteiger partial charge on any atom is -0.491 e. The largest absolute Gasteiger partial charge is 0.491 e. The fourth-order valence-electron chi connectivity index (χ4n) is 3.99. The molecule has 0 aliphatic carbocycles. The second-order valence-corrected chi connectivity index (χ2v) is 10.1. The summed E-state index contributed by atoms with van der Waals surface area (Å²) >= 11 is 0. The Morgan fingerprint density at radius 1 is 0.853 bits per heavy atom. The summed E-state index contributed by atoms with van der Waals surface area (Å²) in [5.74, 6) is 0.796. The van der Waals surface area contributed by atoms with Gasteiger partial charge in [0.05, 0.1) is 0 Å². The third-order valence-electron chi connectivity index (χ3n) is 6.10. The number of hydrogen-bond acceptors (Lipinski definition) is 4. The summed E-state index contributed by atoms with van der Waals surface area (Å²) in [4.78, 5) is 4.46. The molecule has 0 saturated heterocycles. The Morgan fingerprint density at radius 3 is 2.18 bits per heavy atom. The molecule has 3 aromatic rings. The first kappa shape index (κ1) is 25.8. The lowest BCUT2D eigenvalue weighted by atomic mass is 9.87. The predicted octanol–water partition coefficient (Wildman–Crippen LogP) is 5.88.